The first-order valence-corrected chi connectivity index (χ1v) is 7.51. The fourth-order valence-corrected chi connectivity index (χ4v) is 2.34. The number of amides is 1. The molecule has 0 saturated heterocycles. The Bertz CT molecular complexity index is 909. The van der Waals surface area contributed by atoms with Gasteiger partial charge in [0, 0.05) is 12.3 Å². The lowest BCUT2D eigenvalue weighted by Crippen LogP contribution is -2.13. The van der Waals surface area contributed by atoms with Crippen molar-refractivity contribution < 1.29 is 18.3 Å². The zero-order chi connectivity index (χ0) is 17.8. The van der Waals surface area contributed by atoms with E-state index in [1.54, 1.807) is 36.5 Å². The topological polar surface area (TPSA) is 70.1 Å². The van der Waals surface area contributed by atoms with Crippen LogP contribution in [-0.4, -0.2) is 15.7 Å². The third kappa shape index (κ3) is 4.20. The van der Waals surface area contributed by atoms with E-state index in [1.165, 1.54) is 16.8 Å². The van der Waals surface area contributed by atoms with E-state index in [9.17, 15) is 13.6 Å². The highest BCUT2D eigenvalue weighted by Crippen LogP contribution is 2.17. The third-order valence-corrected chi connectivity index (χ3v) is 3.46. The highest BCUT2D eigenvalue weighted by Gasteiger charge is 2.08. The van der Waals surface area contributed by atoms with Gasteiger partial charge in [-0.15, -0.1) is 0 Å². The van der Waals surface area contributed by atoms with E-state index in [0.29, 0.717) is 11.4 Å². The predicted molar refractivity (Wildman–Crippen MR) is 87.2 cm³/mol. The number of carbonyl (C=O) groups is 1. The lowest BCUT2D eigenvalue weighted by atomic mass is 10.1. The van der Waals surface area contributed by atoms with Gasteiger partial charge in [-0.25, -0.2) is 13.5 Å². The Morgan fingerprint density at radius 1 is 1.16 bits per heavy atom. The number of benzene rings is 2. The van der Waals surface area contributed by atoms with E-state index in [1.807, 2.05) is 0 Å². The summed E-state index contributed by atoms with van der Waals surface area (Å²) < 4.78 is 33.7. The monoisotopic (exact) mass is 343 g/mol. The zero-order valence-corrected chi connectivity index (χ0v) is 13.2. The van der Waals surface area contributed by atoms with Crippen molar-refractivity contribution in [1.29, 1.82) is 0 Å². The van der Waals surface area contributed by atoms with Crippen LogP contribution in [0.25, 0.3) is 5.69 Å². The average molecular weight is 343 g/mol. The van der Waals surface area contributed by atoms with Crippen molar-refractivity contribution in [3.05, 3.63) is 77.6 Å². The molecule has 1 heterocycles. The molecule has 0 atom stereocenters. The normalized spacial score (nSPS) is 10.6. The number of hydrogen-bond acceptors (Lipinski definition) is 3. The number of ether oxygens (including phenoxy) is 1. The number of hydrogen-bond donors (Lipinski definition) is 1. The van der Waals surface area contributed by atoms with E-state index in [4.69, 9.17) is 10.5 Å². The summed E-state index contributed by atoms with van der Waals surface area (Å²) in [6.07, 6.45) is 1.70. The van der Waals surface area contributed by atoms with Crippen molar-refractivity contribution in [2.24, 2.45) is 5.73 Å². The molecule has 128 valence electrons. The highest BCUT2D eigenvalue weighted by atomic mass is 19.1. The van der Waals surface area contributed by atoms with Crippen LogP contribution >= 0.6 is 0 Å². The first kappa shape index (κ1) is 16.6. The lowest BCUT2D eigenvalue weighted by Gasteiger charge is -2.06. The van der Waals surface area contributed by atoms with Gasteiger partial charge in [0.25, 0.3) is 0 Å². The summed E-state index contributed by atoms with van der Waals surface area (Å²) in [5.41, 5.74) is 6.65. The molecule has 1 amide bonds. The number of carbonyl (C=O) groups excluding carboxylic acids is 1. The van der Waals surface area contributed by atoms with Crippen LogP contribution in [0.5, 0.6) is 5.75 Å². The van der Waals surface area contributed by atoms with Crippen molar-refractivity contribution in [3.8, 4) is 11.4 Å². The van der Waals surface area contributed by atoms with Gasteiger partial charge in [-0.1, -0.05) is 12.1 Å². The highest BCUT2D eigenvalue weighted by molar-refractivity contribution is 5.76. The molecule has 3 aromatic rings. The molecule has 7 heteroatoms. The van der Waals surface area contributed by atoms with Crippen molar-refractivity contribution in [2.75, 3.05) is 0 Å². The van der Waals surface area contributed by atoms with Crippen LogP contribution < -0.4 is 10.5 Å². The molecule has 0 aliphatic heterocycles. The van der Waals surface area contributed by atoms with Gasteiger partial charge in [-0.05, 0) is 35.9 Å². The summed E-state index contributed by atoms with van der Waals surface area (Å²) in [4.78, 5) is 11.0. The fourth-order valence-electron chi connectivity index (χ4n) is 2.34. The molecule has 2 aromatic carbocycles. The van der Waals surface area contributed by atoms with E-state index >= 15 is 0 Å². The van der Waals surface area contributed by atoms with E-state index in [2.05, 4.69) is 5.10 Å². The van der Waals surface area contributed by atoms with E-state index in [-0.39, 0.29) is 18.7 Å². The Balaban J connectivity index is 1.69. The van der Waals surface area contributed by atoms with E-state index in [0.717, 1.165) is 11.6 Å². The largest absolute Gasteiger partial charge is 0.487 e. The van der Waals surface area contributed by atoms with Crippen molar-refractivity contribution in [3.63, 3.8) is 0 Å². The molecule has 0 bridgehead atoms. The summed E-state index contributed by atoms with van der Waals surface area (Å²) in [5, 5.41) is 4.21. The lowest BCUT2D eigenvalue weighted by molar-refractivity contribution is -0.117. The molecule has 25 heavy (non-hydrogen) atoms. The number of nitrogens with two attached hydrogens (primary N) is 1. The van der Waals surface area contributed by atoms with Crippen molar-refractivity contribution in [2.45, 2.75) is 13.0 Å². The van der Waals surface area contributed by atoms with Crippen LogP contribution in [0.15, 0.2) is 54.7 Å². The van der Waals surface area contributed by atoms with Crippen LogP contribution in [0.1, 0.15) is 11.3 Å². The van der Waals surface area contributed by atoms with Gasteiger partial charge >= 0.3 is 0 Å². The fraction of sp³-hybridized carbons (Fsp3) is 0.111. The minimum Gasteiger partial charge on any atom is -0.487 e. The maximum atomic E-state index is 13.8. The summed E-state index contributed by atoms with van der Waals surface area (Å²) in [5.74, 6) is -1.19. The third-order valence-electron chi connectivity index (χ3n) is 3.46. The molecule has 0 aliphatic carbocycles. The van der Waals surface area contributed by atoms with Gasteiger partial charge in [0.2, 0.25) is 5.91 Å². The molecular formula is C18H15F2N3O2. The minimum absolute atomic E-state index is 0.135. The second kappa shape index (κ2) is 7.12. The summed E-state index contributed by atoms with van der Waals surface area (Å²) in [6, 6.07) is 12.0. The number of nitrogens with zero attached hydrogens (tertiary/aromatic N) is 2. The molecule has 3 rings (SSSR count). The van der Waals surface area contributed by atoms with Gasteiger partial charge in [-0.2, -0.15) is 5.10 Å². The summed E-state index contributed by atoms with van der Waals surface area (Å²) >= 11 is 0. The molecule has 2 N–H and O–H groups in total. The SMILES string of the molecule is NC(=O)Cc1cccc(OCc2ccn(-c3ccc(F)cc3F)n2)c1. The van der Waals surface area contributed by atoms with Gasteiger partial charge in [0.05, 0.1) is 6.42 Å². The molecule has 0 spiro atoms. The van der Waals surface area contributed by atoms with Crippen LogP contribution in [0, 0.1) is 11.6 Å². The molecule has 0 unspecified atom stereocenters. The first-order chi connectivity index (χ1) is 12.0. The Hall–Kier alpha value is -3.22. The molecule has 0 saturated carbocycles. The predicted octanol–water partition coefficient (Wildman–Crippen LogP) is 2.76. The summed E-state index contributed by atoms with van der Waals surface area (Å²) in [7, 11) is 0. The first-order valence-electron chi connectivity index (χ1n) is 7.51. The Kier molecular flexibility index (Phi) is 4.74. The van der Waals surface area contributed by atoms with Gasteiger partial charge in [0.15, 0.2) is 5.82 Å². The Labute approximate surface area is 142 Å². The number of halogens is 2. The summed E-state index contributed by atoms with van der Waals surface area (Å²) in [6.45, 7) is 0.163. The minimum atomic E-state index is -0.699. The van der Waals surface area contributed by atoms with Gasteiger partial charge in [0.1, 0.15) is 29.6 Å². The van der Waals surface area contributed by atoms with Gasteiger partial charge < -0.3 is 10.5 Å². The zero-order valence-electron chi connectivity index (χ0n) is 13.2. The van der Waals surface area contributed by atoms with Crippen LogP contribution in [0.4, 0.5) is 8.78 Å². The average Bonchev–Trinajstić information content (AvgIpc) is 3.01. The van der Waals surface area contributed by atoms with Gasteiger partial charge in [-0.3, -0.25) is 4.79 Å². The smallest absolute Gasteiger partial charge is 0.221 e. The molecule has 0 aliphatic rings. The Morgan fingerprint density at radius 3 is 2.76 bits per heavy atom. The second-order valence-electron chi connectivity index (χ2n) is 5.43. The van der Waals surface area contributed by atoms with E-state index < -0.39 is 17.5 Å². The molecule has 0 radical (unpaired) electrons. The second-order valence-corrected chi connectivity index (χ2v) is 5.43. The standard InChI is InChI=1S/C18H15F2N3O2/c19-13-4-5-17(16(20)10-13)23-7-6-14(22-23)11-25-15-3-1-2-12(8-15)9-18(21)24/h1-8,10H,9,11H2,(H2,21,24). The molecule has 0 fully saturated rings. The van der Waals surface area contributed by atoms with Crippen LogP contribution in [0.3, 0.4) is 0 Å². The van der Waals surface area contributed by atoms with Crippen molar-refractivity contribution in [1.82, 2.24) is 9.78 Å². The van der Waals surface area contributed by atoms with Crippen LogP contribution in [0.2, 0.25) is 0 Å². The van der Waals surface area contributed by atoms with Crippen LogP contribution in [-0.2, 0) is 17.8 Å². The molecule has 1 aromatic heterocycles. The number of aromatic nitrogens is 2. The maximum Gasteiger partial charge on any atom is 0.221 e. The Morgan fingerprint density at radius 2 is 2.00 bits per heavy atom. The number of primary amides is 1. The maximum absolute atomic E-state index is 13.8. The molecule has 5 nitrogen and oxygen atoms in total. The number of rotatable bonds is 6. The van der Waals surface area contributed by atoms with Crippen molar-refractivity contribution >= 4 is 5.91 Å². The quantitative estimate of drug-likeness (QED) is 0.748. The molecular weight excluding hydrogens is 328 g/mol.